The zero-order valence-corrected chi connectivity index (χ0v) is 14.3. The zero-order chi connectivity index (χ0) is 17.5. The average molecular weight is 328 g/mol. The van der Waals surface area contributed by atoms with E-state index in [1.54, 1.807) is 0 Å². The van der Waals surface area contributed by atoms with E-state index in [9.17, 15) is 9.59 Å². The van der Waals surface area contributed by atoms with Crippen LogP contribution in [0.15, 0.2) is 42.6 Å². The summed E-state index contributed by atoms with van der Waals surface area (Å²) in [4.78, 5) is 27.2. The molecular formula is C19H24N2O3. The quantitative estimate of drug-likeness (QED) is 0.606. The van der Waals surface area contributed by atoms with Crippen LogP contribution in [0.1, 0.15) is 25.8 Å². The summed E-state index contributed by atoms with van der Waals surface area (Å²) in [6.45, 7) is 4.16. The zero-order valence-electron chi connectivity index (χ0n) is 14.3. The SMILES string of the molecule is COC(=O)[C@@H](Cc1c[nH]c2ccccc12)NC(=O)/C=C\CC(C)C. The number of fused-ring (bicyclic) bond motifs is 1. The fourth-order valence-corrected chi connectivity index (χ4v) is 2.52. The molecule has 5 nitrogen and oxygen atoms in total. The summed E-state index contributed by atoms with van der Waals surface area (Å²) in [5.74, 6) is -0.256. The van der Waals surface area contributed by atoms with E-state index < -0.39 is 12.0 Å². The summed E-state index contributed by atoms with van der Waals surface area (Å²) in [5, 5.41) is 3.77. The summed E-state index contributed by atoms with van der Waals surface area (Å²) in [6.07, 6.45) is 6.35. The molecular weight excluding hydrogens is 304 g/mol. The molecule has 0 saturated carbocycles. The molecule has 2 N–H and O–H groups in total. The molecule has 128 valence electrons. The molecule has 0 radical (unpaired) electrons. The van der Waals surface area contributed by atoms with Gasteiger partial charge in [-0.1, -0.05) is 38.1 Å². The van der Waals surface area contributed by atoms with Gasteiger partial charge in [0, 0.05) is 23.5 Å². The summed E-state index contributed by atoms with van der Waals surface area (Å²) in [6, 6.07) is 7.13. The molecule has 2 aromatic rings. The predicted octanol–water partition coefficient (Wildman–Crippen LogP) is 2.97. The van der Waals surface area contributed by atoms with E-state index in [2.05, 4.69) is 24.1 Å². The van der Waals surface area contributed by atoms with E-state index in [0.29, 0.717) is 12.3 Å². The molecule has 1 aromatic carbocycles. The van der Waals surface area contributed by atoms with E-state index in [1.165, 1.54) is 13.2 Å². The molecule has 0 fully saturated rings. The Balaban J connectivity index is 2.10. The molecule has 0 bridgehead atoms. The summed E-state index contributed by atoms with van der Waals surface area (Å²) in [5.41, 5.74) is 1.96. The number of carbonyl (C=O) groups is 2. The van der Waals surface area contributed by atoms with Crippen LogP contribution in [-0.4, -0.2) is 30.0 Å². The van der Waals surface area contributed by atoms with Crippen molar-refractivity contribution in [2.24, 2.45) is 5.92 Å². The first kappa shape index (κ1) is 17.8. The molecule has 5 heteroatoms. The maximum atomic E-state index is 12.0. The summed E-state index contributed by atoms with van der Waals surface area (Å²) < 4.78 is 4.83. The van der Waals surface area contributed by atoms with Crippen molar-refractivity contribution in [2.45, 2.75) is 32.7 Å². The monoisotopic (exact) mass is 328 g/mol. The highest BCUT2D eigenvalue weighted by Gasteiger charge is 2.22. The highest BCUT2D eigenvalue weighted by atomic mass is 16.5. The number of aromatic nitrogens is 1. The van der Waals surface area contributed by atoms with E-state index in [0.717, 1.165) is 22.9 Å². The van der Waals surface area contributed by atoms with Crippen molar-refractivity contribution in [1.82, 2.24) is 10.3 Å². The average Bonchev–Trinajstić information content (AvgIpc) is 2.96. The second-order valence-corrected chi connectivity index (χ2v) is 6.18. The Morgan fingerprint density at radius 2 is 2.04 bits per heavy atom. The van der Waals surface area contributed by atoms with Gasteiger partial charge in [0.05, 0.1) is 7.11 Å². The highest BCUT2D eigenvalue weighted by molar-refractivity contribution is 5.92. The lowest BCUT2D eigenvalue weighted by atomic mass is 10.0. The van der Waals surface area contributed by atoms with Gasteiger partial charge in [-0.15, -0.1) is 0 Å². The maximum absolute atomic E-state index is 12.0. The molecule has 1 aromatic heterocycles. The van der Waals surface area contributed by atoms with Gasteiger partial charge in [0.25, 0.3) is 0 Å². The van der Waals surface area contributed by atoms with Gasteiger partial charge in [-0.25, -0.2) is 4.79 Å². The first-order valence-electron chi connectivity index (χ1n) is 8.11. The van der Waals surface area contributed by atoms with Crippen LogP contribution in [-0.2, 0) is 20.7 Å². The number of aromatic amines is 1. The number of nitrogens with one attached hydrogen (secondary N) is 2. The lowest BCUT2D eigenvalue weighted by molar-refractivity contribution is -0.144. The minimum atomic E-state index is -0.717. The molecule has 0 spiro atoms. The molecule has 1 amide bonds. The Labute approximate surface area is 142 Å². The minimum Gasteiger partial charge on any atom is -0.467 e. The third-order valence-electron chi connectivity index (χ3n) is 3.78. The standard InChI is InChI=1S/C19H24N2O3/c1-13(2)7-6-10-18(22)21-17(19(23)24-3)11-14-12-20-16-9-5-4-8-15(14)16/h4-6,8-10,12-13,17,20H,7,11H2,1-3H3,(H,21,22)/b10-6-/t17-/m1/s1. The van der Waals surface area contributed by atoms with Crippen LogP contribution in [0.5, 0.6) is 0 Å². The van der Waals surface area contributed by atoms with E-state index >= 15 is 0 Å². The normalized spacial score (nSPS) is 12.7. The van der Waals surface area contributed by atoms with Crippen molar-refractivity contribution in [3.05, 3.63) is 48.2 Å². The largest absolute Gasteiger partial charge is 0.467 e. The van der Waals surface area contributed by atoms with Crippen LogP contribution in [0.25, 0.3) is 10.9 Å². The summed E-state index contributed by atoms with van der Waals surface area (Å²) in [7, 11) is 1.32. The molecule has 0 aliphatic carbocycles. The van der Waals surface area contributed by atoms with Crippen molar-refractivity contribution in [3.63, 3.8) is 0 Å². The smallest absolute Gasteiger partial charge is 0.328 e. The number of benzene rings is 1. The van der Waals surface area contributed by atoms with Crippen molar-refractivity contribution in [3.8, 4) is 0 Å². The molecule has 1 atom stereocenters. The van der Waals surface area contributed by atoms with Gasteiger partial charge >= 0.3 is 5.97 Å². The van der Waals surface area contributed by atoms with Crippen molar-refractivity contribution in [1.29, 1.82) is 0 Å². The first-order valence-corrected chi connectivity index (χ1v) is 8.11. The van der Waals surface area contributed by atoms with Gasteiger partial charge < -0.3 is 15.0 Å². The van der Waals surface area contributed by atoms with Crippen LogP contribution < -0.4 is 5.32 Å². The number of methoxy groups -OCH3 is 1. The maximum Gasteiger partial charge on any atom is 0.328 e. The van der Waals surface area contributed by atoms with E-state index in [4.69, 9.17) is 4.74 Å². The van der Waals surface area contributed by atoms with Crippen molar-refractivity contribution >= 4 is 22.8 Å². The topological polar surface area (TPSA) is 71.2 Å². The van der Waals surface area contributed by atoms with Crippen LogP contribution >= 0.6 is 0 Å². The molecule has 0 aliphatic rings. The minimum absolute atomic E-state index is 0.286. The second-order valence-electron chi connectivity index (χ2n) is 6.18. The van der Waals surface area contributed by atoms with Crippen LogP contribution in [0.2, 0.25) is 0 Å². The molecule has 1 heterocycles. The first-order chi connectivity index (χ1) is 11.5. The molecule has 0 aliphatic heterocycles. The summed E-state index contributed by atoms with van der Waals surface area (Å²) >= 11 is 0. The fourth-order valence-electron chi connectivity index (χ4n) is 2.52. The number of allylic oxidation sites excluding steroid dienone is 1. The number of para-hydroxylation sites is 1. The van der Waals surface area contributed by atoms with Crippen LogP contribution in [0, 0.1) is 5.92 Å². The van der Waals surface area contributed by atoms with Crippen LogP contribution in [0.4, 0.5) is 0 Å². The molecule has 2 rings (SSSR count). The Morgan fingerprint density at radius 1 is 1.29 bits per heavy atom. The Hall–Kier alpha value is -2.56. The number of ether oxygens (including phenoxy) is 1. The van der Waals surface area contributed by atoms with Crippen molar-refractivity contribution in [2.75, 3.05) is 7.11 Å². The van der Waals surface area contributed by atoms with Gasteiger partial charge in [0.15, 0.2) is 0 Å². The number of esters is 1. The Morgan fingerprint density at radius 3 is 2.75 bits per heavy atom. The van der Waals surface area contributed by atoms with Gasteiger partial charge in [-0.05, 0) is 30.0 Å². The Bertz CT molecular complexity index is 731. The number of H-pyrrole nitrogens is 1. The fraction of sp³-hybridized carbons (Fsp3) is 0.368. The van der Waals surface area contributed by atoms with Gasteiger partial charge in [-0.3, -0.25) is 4.79 Å². The van der Waals surface area contributed by atoms with Crippen molar-refractivity contribution < 1.29 is 14.3 Å². The lowest BCUT2D eigenvalue weighted by Gasteiger charge is -2.15. The van der Waals surface area contributed by atoms with Gasteiger partial charge in [-0.2, -0.15) is 0 Å². The molecule has 0 unspecified atom stereocenters. The molecule has 24 heavy (non-hydrogen) atoms. The van der Waals surface area contributed by atoms with Gasteiger partial charge in [0.2, 0.25) is 5.91 Å². The van der Waals surface area contributed by atoms with E-state index in [1.807, 2.05) is 36.5 Å². The Kier molecular flexibility index (Phi) is 6.18. The number of hydrogen-bond acceptors (Lipinski definition) is 3. The number of rotatable bonds is 7. The van der Waals surface area contributed by atoms with Gasteiger partial charge in [0.1, 0.15) is 6.04 Å². The number of amides is 1. The highest BCUT2D eigenvalue weighted by Crippen LogP contribution is 2.19. The third kappa shape index (κ3) is 4.72. The molecule has 0 saturated heterocycles. The second kappa shape index (κ2) is 8.34. The number of carbonyl (C=O) groups excluding carboxylic acids is 2. The third-order valence-corrected chi connectivity index (χ3v) is 3.78. The lowest BCUT2D eigenvalue weighted by Crippen LogP contribution is -2.42. The number of hydrogen-bond donors (Lipinski definition) is 2. The van der Waals surface area contributed by atoms with E-state index in [-0.39, 0.29) is 5.91 Å². The van der Waals surface area contributed by atoms with Crippen LogP contribution in [0.3, 0.4) is 0 Å². The predicted molar refractivity (Wildman–Crippen MR) is 94.5 cm³/mol.